The Bertz CT molecular complexity index is 876. The summed E-state index contributed by atoms with van der Waals surface area (Å²) in [6, 6.07) is 12.7. The summed E-state index contributed by atoms with van der Waals surface area (Å²) in [5.74, 6) is 0.323. The largest absolute Gasteiger partial charge is 0.494 e. The normalized spacial score (nSPS) is 9.97. The SMILES string of the molecule is C=CC(=O)OCCCCOc1ccc(C(=O)Oc2ccc(OC(=O)NCC)cc2)cc1. The van der Waals surface area contributed by atoms with Crippen molar-refractivity contribution in [1.29, 1.82) is 0 Å². The molecule has 0 saturated heterocycles. The van der Waals surface area contributed by atoms with Gasteiger partial charge in [-0.2, -0.15) is 0 Å². The molecular weight excluding hydrogens is 402 g/mol. The molecule has 0 aromatic heterocycles. The zero-order valence-electron chi connectivity index (χ0n) is 17.3. The molecule has 8 nitrogen and oxygen atoms in total. The maximum Gasteiger partial charge on any atom is 0.412 e. The first-order chi connectivity index (χ1) is 15.0. The highest BCUT2D eigenvalue weighted by Crippen LogP contribution is 2.20. The van der Waals surface area contributed by atoms with E-state index < -0.39 is 18.0 Å². The van der Waals surface area contributed by atoms with Gasteiger partial charge in [-0.15, -0.1) is 0 Å². The van der Waals surface area contributed by atoms with E-state index in [4.69, 9.17) is 18.9 Å². The van der Waals surface area contributed by atoms with Gasteiger partial charge in [0.1, 0.15) is 17.2 Å². The average Bonchev–Trinajstić information content (AvgIpc) is 2.77. The van der Waals surface area contributed by atoms with Crippen molar-refractivity contribution in [2.75, 3.05) is 19.8 Å². The number of benzene rings is 2. The summed E-state index contributed by atoms with van der Waals surface area (Å²) < 4.78 is 20.8. The van der Waals surface area contributed by atoms with E-state index in [1.54, 1.807) is 31.2 Å². The smallest absolute Gasteiger partial charge is 0.412 e. The molecule has 8 heteroatoms. The number of carbonyl (C=O) groups is 3. The van der Waals surface area contributed by atoms with Gasteiger partial charge in [0.25, 0.3) is 0 Å². The van der Waals surface area contributed by atoms with Crippen molar-refractivity contribution in [1.82, 2.24) is 5.32 Å². The molecule has 2 rings (SSSR count). The quantitative estimate of drug-likeness (QED) is 0.251. The number of carbonyl (C=O) groups excluding carboxylic acids is 3. The molecule has 0 unspecified atom stereocenters. The summed E-state index contributed by atoms with van der Waals surface area (Å²) in [6.07, 6.45) is 1.97. The van der Waals surface area contributed by atoms with Gasteiger partial charge in [0, 0.05) is 12.6 Å². The highest BCUT2D eigenvalue weighted by atomic mass is 16.6. The number of hydrogen-bond donors (Lipinski definition) is 1. The summed E-state index contributed by atoms with van der Waals surface area (Å²) in [7, 11) is 0. The molecule has 0 fully saturated rings. The molecule has 0 heterocycles. The molecule has 0 saturated carbocycles. The Morgan fingerprint density at radius 2 is 1.45 bits per heavy atom. The third-order valence-electron chi connectivity index (χ3n) is 3.87. The first-order valence-corrected chi connectivity index (χ1v) is 9.81. The summed E-state index contributed by atoms with van der Waals surface area (Å²) in [4.78, 5) is 34.6. The fourth-order valence-electron chi connectivity index (χ4n) is 2.34. The molecule has 0 spiro atoms. The summed E-state index contributed by atoms with van der Waals surface area (Å²) in [5.41, 5.74) is 0.367. The van der Waals surface area contributed by atoms with E-state index in [1.807, 2.05) is 0 Å². The van der Waals surface area contributed by atoms with E-state index in [9.17, 15) is 14.4 Å². The Morgan fingerprint density at radius 1 is 0.871 bits per heavy atom. The van der Waals surface area contributed by atoms with Crippen LogP contribution in [0.1, 0.15) is 30.1 Å². The van der Waals surface area contributed by atoms with Gasteiger partial charge in [-0.05, 0) is 68.3 Å². The molecule has 2 aromatic rings. The lowest BCUT2D eigenvalue weighted by Crippen LogP contribution is -2.26. The Kier molecular flexibility index (Phi) is 9.61. The van der Waals surface area contributed by atoms with E-state index in [1.165, 1.54) is 24.3 Å². The third-order valence-corrected chi connectivity index (χ3v) is 3.87. The van der Waals surface area contributed by atoms with Gasteiger partial charge in [0.15, 0.2) is 0 Å². The molecule has 0 aliphatic rings. The maximum atomic E-state index is 12.3. The van der Waals surface area contributed by atoms with Crippen LogP contribution in [-0.4, -0.2) is 37.8 Å². The molecule has 2 aromatic carbocycles. The number of unbranched alkanes of at least 4 members (excludes halogenated alkanes) is 1. The van der Waals surface area contributed by atoms with Crippen molar-refractivity contribution in [2.45, 2.75) is 19.8 Å². The van der Waals surface area contributed by atoms with Gasteiger partial charge in [-0.3, -0.25) is 0 Å². The number of esters is 2. The van der Waals surface area contributed by atoms with E-state index in [-0.39, 0.29) is 0 Å². The third kappa shape index (κ3) is 8.61. The summed E-state index contributed by atoms with van der Waals surface area (Å²) in [6.45, 7) is 6.35. The first-order valence-electron chi connectivity index (χ1n) is 9.81. The van der Waals surface area contributed by atoms with E-state index >= 15 is 0 Å². The van der Waals surface area contributed by atoms with Crippen molar-refractivity contribution in [3.8, 4) is 17.2 Å². The second kappa shape index (κ2) is 12.7. The van der Waals surface area contributed by atoms with Gasteiger partial charge in [0.05, 0.1) is 18.8 Å². The van der Waals surface area contributed by atoms with Gasteiger partial charge >= 0.3 is 18.0 Å². The molecular formula is C23H25NO7. The number of rotatable bonds is 11. The van der Waals surface area contributed by atoms with E-state index in [0.29, 0.717) is 55.4 Å². The molecule has 0 aliphatic carbocycles. The van der Waals surface area contributed by atoms with Crippen LogP contribution < -0.4 is 19.5 Å². The minimum absolute atomic E-state index is 0.317. The maximum absolute atomic E-state index is 12.3. The number of amides is 1. The van der Waals surface area contributed by atoms with E-state index in [0.717, 1.165) is 6.08 Å². The molecule has 164 valence electrons. The van der Waals surface area contributed by atoms with Crippen LogP contribution in [-0.2, 0) is 9.53 Å². The van der Waals surface area contributed by atoms with Crippen molar-refractivity contribution >= 4 is 18.0 Å². The van der Waals surface area contributed by atoms with Gasteiger partial charge in [-0.25, -0.2) is 14.4 Å². The van der Waals surface area contributed by atoms with Crippen molar-refractivity contribution in [3.63, 3.8) is 0 Å². The fourth-order valence-corrected chi connectivity index (χ4v) is 2.34. The van der Waals surface area contributed by atoms with E-state index in [2.05, 4.69) is 11.9 Å². The predicted molar refractivity (Wildman–Crippen MR) is 113 cm³/mol. The molecule has 1 amide bonds. The zero-order valence-corrected chi connectivity index (χ0v) is 17.3. The number of hydrogen-bond acceptors (Lipinski definition) is 7. The average molecular weight is 427 g/mol. The Morgan fingerprint density at radius 3 is 2.06 bits per heavy atom. The van der Waals surface area contributed by atoms with Crippen molar-refractivity contribution in [2.24, 2.45) is 0 Å². The first kappa shape index (κ1) is 23.5. The van der Waals surface area contributed by atoms with Gasteiger partial charge in [-0.1, -0.05) is 6.58 Å². The number of ether oxygens (including phenoxy) is 4. The Balaban J connectivity index is 1.75. The predicted octanol–water partition coefficient (Wildman–Crippen LogP) is 3.90. The lowest BCUT2D eigenvalue weighted by Gasteiger charge is -2.08. The van der Waals surface area contributed by atoms with Gasteiger partial charge in [0.2, 0.25) is 0 Å². The Hall–Kier alpha value is -3.81. The standard InChI is InChI=1S/C23H25NO7/c1-3-21(25)29-16-6-5-15-28-18-9-7-17(8-10-18)22(26)30-19-11-13-20(14-12-19)31-23(27)24-4-2/h3,7-14H,1,4-6,15-16H2,2H3,(H,24,27). The topological polar surface area (TPSA) is 100 Å². The van der Waals surface area contributed by atoms with Crippen molar-refractivity contribution in [3.05, 3.63) is 66.7 Å². The minimum atomic E-state index is -0.550. The molecule has 0 aliphatic heterocycles. The highest BCUT2D eigenvalue weighted by Gasteiger charge is 2.10. The molecule has 1 N–H and O–H groups in total. The van der Waals surface area contributed by atoms with Crippen LogP contribution >= 0.6 is 0 Å². The minimum Gasteiger partial charge on any atom is -0.494 e. The monoisotopic (exact) mass is 427 g/mol. The lowest BCUT2D eigenvalue weighted by molar-refractivity contribution is -0.137. The summed E-state index contributed by atoms with van der Waals surface area (Å²) >= 11 is 0. The second-order valence-electron chi connectivity index (χ2n) is 6.23. The molecule has 31 heavy (non-hydrogen) atoms. The summed E-state index contributed by atoms with van der Waals surface area (Å²) in [5, 5.41) is 2.52. The van der Waals surface area contributed by atoms with Crippen molar-refractivity contribution < 1.29 is 33.3 Å². The number of nitrogens with one attached hydrogen (secondary N) is 1. The Labute approximate surface area is 180 Å². The molecule has 0 radical (unpaired) electrons. The molecule has 0 atom stereocenters. The van der Waals surface area contributed by atoms with Crippen LogP contribution in [0.3, 0.4) is 0 Å². The van der Waals surface area contributed by atoms with Crippen LogP contribution in [0.2, 0.25) is 0 Å². The second-order valence-corrected chi connectivity index (χ2v) is 6.23. The zero-order chi connectivity index (χ0) is 22.5. The highest BCUT2D eigenvalue weighted by molar-refractivity contribution is 5.91. The van der Waals surface area contributed by atoms with Crippen LogP contribution in [0.5, 0.6) is 17.2 Å². The van der Waals surface area contributed by atoms with Crippen LogP contribution in [0.25, 0.3) is 0 Å². The lowest BCUT2D eigenvalue weighted by atomic mass is 10.2. The fraction of sp³-hybridized carbons (Fsp3) is 0.261. The van der Waals surface area contributed by atoms with Crippen LogP contribution in [0.15, 0.2) is 61.2 Å². The van der Waals surface area contributed by atoms with Crippen LogP contribution in [0, 0.1) is 0 Å². The van der Waals surface area contributed by atoms with Gasteiger partial charge < -0.3 is 24.3 Å². The molecule has 0 bridgehead atoms. The van der Waals surface area contributed by atoms with Crippen LogP contribution in [0.4, 0.5) is 4.79 Å².